The Balaban J connectivity index is 1.57. The van der Waals surface area contributed by atoms with Gasteiger partial charge >= 0.3 is 12.4 Å². The summed E-state index contributed by atoms with van der Waals surface area (Å²) >= 11 is 0. The Hall–Kier alpha value is -2.94. The summed E-state index contributed by atoms with van der Waals surface area (Å²) in [6, 6.07) is 8.59. The van der Waals surface area contributed by atoms with E-state index in [1.54, 1.807) is 6.07 Å². The van der Waals surface area contributed by atoms with Crippen LogP contribution in [-0.4, -0.2) is 29.2 Å². The highest BCUT2D eigenvalue weighted by atomic mass is 19.4. The molecule has 4 rings (SSSR count). The maximum Gasteiger partial charge on any atom is 0.573 e. The fraction of sp³-hybridized carbons (Fsp3) is 0.458. The zero-order valence-electron chi connectivity index (χ0n) is 18.5. The second-order valence-corrected chi connectivity index (χ2v) is 8.60. The van der Waals surface area contributed by atoms with Crippen molar-refractivity contribution in [3.63, 3.8) is 0 Å². The highest BCUT2D eigenvalue weighted by Crippen LogP contribution is 2.44. The molecule has 178 valence electrons. The number of hydrogen-bond donors (Lipinski definition) is 3. The first-order chi connectivity index (χ1) is 15.6. The van der Waals surface area contributed by atoms with Crippen LogP contribution in [0.2, 0.25) is 0 Å². The molecule has 0 spiro atoms. The second-order valence-electron chi connectivity index (χ2n) is 8.60. The van der Waals surface area contributed by atoms with Gasteiger partial charge in [-0.15, -0.1) is 13.2 Å². The predicted molar refractivity (Wildman–Crippen MR) is 116 cm³/mol. The van der Waals surface area contributed by atoms with E-state index < -0.39 is 30.1 Å². The largest absolute Gasteiger partial charge is 0.573 e. The molecule has 1 aliphatic heterocycles. The third-order valence-corrected chi connectivity index (χ3v) is 6.51. The first-order valence-electron chi connectivity index (χ1n) is 11.1. The molecule has 1 aliphatic carbocycles. The summed E-state index contributed by atoms with van der Waals surface area (Å²) in [4.78, 5) is 12.9. The Morgan fingerprint density at radius 1 is 1.21 bits per heavy atom. The monoisotopic (exact) mass is 464 g/mol. The van der Waals surface area contributed by atoms with Crippen LogP contribution in [0, 0.1) is 0 Å². The lowest BCUT2D eigenvalue weighted by Crippen LogP contribution is -2.45. The number of hydrogen-bond acceptors (Lipinski definition) is 4. The number of ether oxygens (including phenoxy) is 2. The molecule has 2 aliphatic rings. The van der Waals surface area contributed by atoms with Gasteiger partial charge in [0, 0.05) is 30.2 Å². The quantitative estimate of drug-likeness (QED) is 0.565. The molecular weight excluding hydrogens is 437 g/mol. The van der Waals surface area contributed by atoms with Crippen molar-refractivity contribution in [3.05, 3.63) is 53.1 Å². The normalized spacial score (nSPS) is 20.9. The van der Waals surface area contributed by atoms with E-state index >= 15 is 0 Å². The number of carbonyl (C=O) groups is 1. The molecule has 0 radical (unpaired) electrons. The molecule has 6 nitrogen and oxygen atoms in total. The molecule has 0 saturated carbocycles. The van der Waals surface area contributed by atoms with E-state index in [-0.39, 0.29) is 11.5 Å². The number of nitrogens with one attached hydrogen (secondary N) is 2. The molecule has 0 unspecified atom stereocenters. The second kappa shape index (κ2) is 8.78. The van der Waals surface area contributed by atoms with Gasteiger partial charge < -0.3 is 25.2 Å². The van der Waals surface area contributed by atoms with Gasteiger partial charge in [-0.2, -0.15) is 0 Å². The maximum atomic E-state index is 12.9. The molecule has 33 heavy (non-hydrogen) atoms. The minimum Gasteiger partial charge on any atom is -0.487 e. The molecular formula is C24H27F3N2O4. The van der Waals surface area contributed by atoms with Gasteiger partial charge in [-0.3, -0.25) is 0 Å². The number of halogens is 3. The van der Waals surface area contributed by atoms with Crippen LogP contribution < -0.4 is 20.1 Å². The van der Waals surface area contributed by atoms with E-state index in [0.717, 1.165) is 11.1 Å². The summed E-state index contributed by atoms with van der Waals surface area (Å²) in [7, 11) is 0. The third kappa shape index (κ3) is 5.03. The zero-order chi connectivity index (χ0) is 23.8. The number of amides is 2. The van der Waals surface area contributed by atoms with Crippen LogP contribution in [0.1, 0.15) is 55.8 Å². The van der Waals surface area contributed by atoms with Crippen molar-refractivity contribution < 1.29 is 32.5 Å². The molecule has 9 heteroatoms. The number of aliphatic hydroxyl groups excluding tert-OH is 1. The Morgan fingerprint density at radius 3 is 2.67 bits per heavy atom. The molecule has 2 aromatic carbocycles. The van der Waals surface area contributed by atoms with Gasteiger partial charge in [0.05, 0.1) is 12.1 Å². The Bertz CT molecular complexity index is 1040. The van der Waals surface area contributed by atoms with Gasteiger partial charge in [-0.05, 0) is 48.6 Å². The van der Waals surface area contributed by atoms with Crippen LogP contribution in [0.4, 0.5) is 23.7 Å². The molecule has 0 fully saturated rings. The number of carbonyl (C=O) groups excluding carboxylic acids is 1. The minimum atomic E-state index is -4.81. The van der Waals surface area contributed by atoms with Gasteiger partial charge in [0.1, 0.15) is 17.1 Å². The molecule has 1 heterocycles. The van der Waals surface area contributed by atoms with Crippen LogP contribution in [0.25, 0.3) is 0 Å². The average molecular weight is 464 g/mol. The van der Waals surface area contributed by atoms with Crippen LogP contribution in [-0.2, 0) is 12.8 Å². The summed E-state index contributed by atoms with van der Waals surface area (Å²) < 4.78 is 48.2. The lowest BCUT2D eigenvalue weighted by atomic mass is 9.83. The SMILES string of the molecule is CCC1(CC)C[C@@H](NC(=O)Nc2cccc3c2C[C@H](O)C3)c2ccc(OC(F)(F)F)cc2O1. The maximum absolute atomic E-state index is 12.9. The molecule has 2 aromatic rings. The fourth-order valence-corrected chi connectivity index (χ4v) is 4.72. The smallest absolute Gasteiger partial charge is 0.487 e. The van der Waals surface area contributed by atoms with E-state index in [2.05, 4.69) is 15.4 Å². The van der Waals surface area contributed by atoms with Crippen molar-refractivity contribution in [2.24, 2.45) is 0 Å². The molecule has 2 atom stereocenters. The van der Waals surface area contributed by atoms with Crippen molar-refractivity contribution in [1.29, 1.82) is 0 Å². The van der Waals surface area contributed by atoms with Crippen molar-refractivity contribution in [3.8, 4) is 11.5 Å². The van der Waals surface area contributed by atoms with Gasteiger partial charge in [-0.25, -0.2) is 4.79 Å². The number of urea groups is 1. The van der Waals surface area contributed by atoms with E-state index in [1.165, 1.54) is 18.2 Å². The topological polar surface area (TPSA) is 79.8 Å². The Morgan fingerprint density at radius 2 is 1.97 bits per heavy atom. The number of fused-ring (bicyclic) bond motifs is 2. The highest BCUT2D eigenvalue weighted by Gasteiger charge is 2.40. The van der Waals surface area contributed by atoms with Gasteiger partial charge in [0.15, 0.2) is 0 Å². The standard InChI is InChI=1S/C24H27F3N2O4/c1-3-23(4-2)13-20(17-9-8-16(12-21(17)33-23)32-24(25,26)27)29-22(31)28-19-7-5-6-14-10-15(30)11-18(14)19/h5-9,12,15,20,30H,3-4,10-11,13H2,1-2H3,(H2,28,29,31)/t15-,20-/m1/s1. The summed E-state index contributed by atoms with van der Waals surface area (Å²) in [6.45, 7) is 3.89. The van der Waals surface area contributed by atoms with Crippen LogP contribution in [0.5, 0.6) is 11.5 Å². The van der Waals surface area contributed by atoms with E-state index in [1.807, 2.05) is 26.0 Å². The Labute approximate surface area is 190 Å². The summed E-state index contributed by atoms with van der Waals surface area (Å²) in [5.41, 5.74) is 2.52. The third-order valence-electron chi connectivity index (χ3n) is 6.51. The summed E-state index contributed by atoms with van der Waals surface area (Å²) in [6.07, 6.45) is -2.52. The van der Waals surface area contributed by atoms with E-state index in [4.69, 9.17) is 4.74 Å². The zero-order valence-corrected chi connectivity index (χ0v) is 18.5. The number of anilines is 1. The summed E-state index contributed by atoms with van der Waals surface area (Å²) in [5, 5.41) is 15.8. The predicted octanol–water partition coefficient (Wildman–Crippen LogP) is 5.25. The van der Waals surface area contributed by atoms with Crippen molar-refractivity contribution >= 4 is 11.7 Å². The van der Waals surface area contributed by atoms with E-state index in [9.17, 15) is 23.1 Å². The molecule has 3 N–H and O–H groups in total. The van der Waals surface area contributed by atoms with E-state index in [0.29, 0.717) is 43.4 Å². The molecule has 0 aromatic heterocycles. The van der Waals surface area contributed by atoms with Gasteiger partial charge in [0.2, 0.25) is 0 Å². The Kier molecular flexibility index (Phi) is 6.18. The first kappa shape index (κ1) is 23.2. The fourth-order valence-electron chi connectivity index (χ4n) is 4.72. The minimum absolute atomic E-state index is 0.265. The molecule has 2 amide bonds. The first-order valence-corrected chi connectivity index (χ1v) is 11.1. The number of benzene rings is 2. The van der Waals surface area contributed by atoms with Crippen molar-refractivity contribution in [1.82, 2.24) is 5.32 Å². The lowest BCUT2D eigenvalue weighted by molar-refractivity contribution is -0.274. The molecule has 0 saturated heterocycles. The van der Waals surface area contributed by atoms with Gasteiger partial charge in [0.25, 0.3) is 0 Å². The number of aliphatic hydroxyl groups is 1. The van der Waals surface area contributed by atoms with Crippen molar-refractivity contribution in [2.75, 3.05) is 5.32 Å². The average Bonchev–Trinajstić information content (AvgIpc) is 3.13. The lowest BCUT2D eigenvalue weighted by Gasteiger charge is -2.41. The number of alkyl halides is 3. The van der Waals surface area contributed by atoms with Crippen molar-refractivity contribution in [2.45, 2.75) is 70.1 Å². The van der Waals surface area contributed by atoms with Crippen LogP contribution in [0.3, 0.4) is 0 Å². The number of rotatable bonds is 5. The van der Waals surface area contributed by atoms with Gasteiger partial charge in [-0.1, -0.05) is 26.0 Å². The highest BCUT2D eigenvalue weighted by molar-refractivity contribution is 5.91. The summed E-state index contributed by atoms with van der Waals surface area (Å²) in [5.74, 6) is -0.105. The molecule has 0 bridgehead atoms. The van der Waals surface area contributed by atoms with Crippen LogP contribution in [0.15, 0.2) is 36.4 Å². The van der Waals surface area contributed by atoms with Crippen LogP contribution >= 0.6 is 0 Å².